The summed E-state index contributed by atoms with van der Waals surface area (Å²) in [5.41, 5.74) is 0. The molecule has 0 saturated carbocycles. The van der Waals surface area contributed by atoms with Crippen LogP contribution in [0.1, 0.15) is 0 Å². The Morgan fingerprint density at radius 1 is 0.0138 bits per heavy atom. The van der Waals surface area contributed by atoms with Crippen LogP contribution in [-0.4, -0.2) is 2890 Å². The molecule has 0 unspecified atom stereocenters. The zero-order valence-corrected chi connectivity index (χ0v) is 230. The Morgan fingerprint density at radius 3 is 0.0138 bits per heavy atom. The Hall–Kier alpha value is 78.7. The average molecular weight is 4050 g/mol. The van der Waals surface area contributed by atoms with Gasteiger partial charge in [0.1, 0.15) is 0 Å². The fourth-order valence-electron chi connectivity index (χ4n) is 0. The molecular weight excluding hydrogens is 3880 g/mol. The summed E-state index contributed by atoms with van der Waals surface area (Å²) in [6, 6.07) is 0. The van der Waals surface area contributed by atoms with E-state index in [0.717, 1.165) is 0 Å². The van der Waals surface area contributed by atoms with Crippen molar-refractivity contribution in [3.63, 3.8) is 0 Å². The third kappa shape index (κ3) is 1750. The summed E-state index contributed by atoms with van der Waals surface area (Å²) in [7, 11) is 0. The van der Waals surface area contributed by atoms with E-state index in [1.54, 1.807) is 0 Å². The van der Waals surface area contributed by atoms with Crippen LogP contribution in [0.25, 0.3) is 0 Å². The van der Waals surface area contributed by atoms with Crippen LogP contribution in [0.2, 0.25) is 0 Å². The van der Waals surface area contributed by atoms with Crippen LogP contribution < -0.4 is 0 Å². The number of rotatable bonds is 0. The van der Waals surface area contributed by atoms with Gasteiger partial charge >= 0.3 is 2450 Å². The summed E-state index contributed by atoms with van der Waals surface area (Å²) in [4.78, 5) is 0. The second kappa shape index (κ2) is 1770. The van der Waals surface area contributed by atoms with Gasteiger partial charge in [0.15, 0.2) is 0 Å². The summed E-state index contributed by atoms with van der Waals surface area (Å²) in [6.07, 6.45) is 0. The summed E-state index contributed by atoms with van der Waals surface area (Å²) in [5, 5.41) is 0. The van der Waals surface area contributed by atoms with E-state index in [9.17, 15) is 0 Å². The van der Waals surface area contributed by atoms with Crippen molar-refractivity contribution in [3.05, 3.63) is 0 Å². The third-order valence-corrected chi connectivity index (χ3v) is 0. The molecule has 0 amide bonds. The quantitative estimate of drug-likeness (QED) is 0.204. The first-order valence-electron chi connectivity index (χ1n) is 0. The summed E-state index contributed by atoms with van der Waals surface area (Å²) >= 11 is 0. The zero-order chi connectivity index (χ0) is 0. The third-order valence-electron chi connectivity index (χ3n) is 0. The van der Waals surface area contributed by atoms with Crippen LogP contribution in [0.3, 0.4) is 0 Å². The van der Waals surface area contributed by atoms with Gasteiger partial charge in [-0.1, -0.05) is 0 Å². The van der Waals surface area contributed by atoms with Gasteiger partial charge in [-0.15, -0.1) is 0 Å². The molecule has 0 fully saturated rings. The van der Waals surface area contributed by atoms with E-state index in [-0.39, 0.29) is 2890 Å². The molecule has 145 heteroatoms. The van der Waals surface area contributed by atoms with Gasteiger partial charge in [-0.05, 0) is 0 Å². The Bertz CT molecular complexity index is 144. The first-order valence-corrected chi connectivity index (χ1v) is 0. The number of hydrogen-bond donors (Lipinski definition) is 0. The Balaban J connectivity index is 0. The van der Waals surface area contributed by atoms with Crippen molar-refractivity contribution in [2.45, 2.75) is 0 Å². The predicted octanol–water partition coefficient (Wildman–Crippen LogP) is -90.7. The van der Waals surface area contributed by atoms with E-state index >= 15 is 0 Å². The standard InChI is InChI=1S/65Ca.80H2O/h;;;;;;;;;;;;;;;;;;;;;;;;;;;;;;;;;;;;;;;;;;;;;;;;;;;;;;;;;;;;;;;;;80*1H2/q65*+2;;;;;;;;;;;;;;;;;;;;;;;;;;;;;;;;;;;;;;;;;;;;;;;;;;;;;;;;;;;;;;;;;;;;;;;;;;;;;;;;. The van der Waals surface area contributed by atoms with Crippen molar-refractivity contribution in [2.75, 3.05) is 0 Å². The van der Waals surface area contributed by atoms with Crippen molar-refractivity contribution in [1.82, 2.24) is 0 Å². The summed E-state index contributed by atoms with van der Waals surface area (Å²) < 4.78 is 0. The minimum atomic E-state index is 0. The molecule has 640 valence electrons. The van der Waals surface area contributed by atoms with Gasteiger partial charge < -0.3 is 438 Å². The van der Waals surface area contributed by atoms with E-state index in [1.807, 2.05) is 0 Å². The van der Waals surface area contributed by atoms with Gasteiger partial charge in [-0.3, -0.25) is 0 Å². The van der Waals surface area contributed by atoms with E-state index in [1.165, 1.54) is 0 Å². The molecule has 0 saturated heterocycles. The van der Waals surface area contributed by atoms with E-state index < -0.39 is 0 Å². The van der Waals surface area contributed by atoms with Gasteiger partial charge in [0.2, 0.25) is 0 Å². The van der Waals surface area contributed by atoms with Crippen LogP contribution >= 0.6 is 0 Å². The van der Waals surface area contributed by atoms with Crippen LogP contribution in [0.5, 0.6) is 0 Å². The first-order chi connectivity index (χ1) is 0. The van der Waals surface area contributed by atoms with Gasteiger partial charge in [-0.2, -0.15) is 0 Å². The normalized spacial score (nSPS) is 0. The maximum absolute atomic E-state index is 0. The van der Waals surface area contributed by atoms with E-state index in [4.69, 9.17) is 0 Å². The van der Waals surface area contributed by atoms with Gasteiger partial charge in [-0.25, -0.2) is 0 Å². The molecule has 0 aromatic carbocycles. The largest absolute Gasteiger partial charge is 2.00 e. The Kier molecular flexibility index (Phi) is 21800. The minimum absolute atomic E-state index is 0. The molecule has 145 heavy (non-hydrogen) atoms. The monoisotopic (exact) mass is 4040 g/mol. The van der Waals surface area contributed by atoms with Crippen molar-refractivity contribution < 1.29 is 438 Å². The Labute approximate surface area is 2790 Å². The SMILES string of the molecule is O.O.O.O.O.O.O.O.O.O.O.O.O.O.O.O.O.O.O.O.O.O.O.O.O.O.O.O.O.O.O.O.O.O.O.O.O.O.O.O.O.O.O.O.O.O.O.O.O.O.O.O.O.O.O.O.O.O.O.O.O.O.O.O.O.O.O.O.O.O.O.O.O.O.O.O.O.O.O.O.[Ca+2].[Ca+2].[Ca+2].[Ca+2].[Ca+2].[Ca+2].[Ca+2].[Ca+2].[Ca+2].[Ca+2].[Ca+2].[Ca+2].[Ca+2].[Ca+2].[Ca+2].[Ca+2].[Ca+2].[Ca+2].[Ca+2].[Ca+2].[Ca+2].[Ca+2].[Ca+2].[Ca+2].[Ca+2].[Ca+2].[Ca+2].[Ca+2].[Ca+2].[Ca+2].[Ca+2].[Ca+2].[Ca+2].[Ca+2].[Ca+2].[Ca+2].[Ca+2].[Ca+2].[Ca+2].[Ca+2].[Ca+2].[Ca+2].[Ca+2].[Ca+2].[Ca+2].[Ca+2].[Ca+2].[Ca+2].[Ca+2].[Ca+2].[Ca+2].[Ca+2].[Ca+2].[Ca+2].[Ca+2].[Ca+2].[Ca+2].[Ca+2].[Ca+2].[Ca+2].[Ca+2].[Ca+2].[Ca+2].[Ca+2].[Ca+2]. The Morgan fingerprint density at radius 2 is 0.0138 bits per heavy atom. The summed E-state index contributed by atoms with van der Waals surface area (Å²) in [5.74, 6) is 0. The second-order valence-electron chi connectivity index (χ2n) is 0. The number of hydrogen-bond acceptors (Lipinski definition) is 0. The molecule has 0 bridgehead atoms. The maximum atomic E-state index is 0. The molecular formula is H160Ca65O80+130. The predicted molar refractivity (Wildman–Crippen MR) is 663 cm³/mol. The van der Waals surface area contributed by atoms with Gasteiger partial charge in [0, 0.05) is 0 Å². The first kappa shape index (κ1) is 1790. The smallest absolute Gasteiger partial charge is 0.412 e. The second-order valence-corrected chi connectivity index (χ2v) is 0. The topological polar surface area (TPSA) is 2520 Å². The van der Waals surface area contributed by atoms with Crippen LogP contribution in [0.15, 0.2) is 0 Å². The molecule has 0 aliphatic carbocycles. The summed E-state index contributed by atoms with van der Waals surface area (Å²) in [6.45, 7) is 0. The molecule has 0 atom stereocenters. The minimum Gasteiger partial charge on any atom is -0.412 e. The van der Waals surface area contributed by atoms with Gasteiger partial charge in [0.05, 0.1) is 0 Å². The zero-order valence-electron chi connectivity index (χ0n) is 86.0. The van der Waals surface area contributed by atoms with Crippen LogP contribution in [-0.2, 0) is 0 Å². The maximum Gasteiger partial charge on any atom is 2.00 e. The van der Waals surface area contributed by atoms with E-state index in [0.29, 0.717) is 0 Å². The fourth-order valence-corrected chi connectivity index (χ4v) is 0. The van der Waals surface area contributed by atoms with Crippen molar-refractivity contribution in [2.24, 2.45) is 0 Å². The molecule has 0 heterocycles. The molecule has 0 aliphatic rings. The molecule has 0 aromatic rings. The van der Waals surface area contributed by atoms with Crippen molar-refractivity contribution >= 4 is 2450 Å². The van der Waals surface area contributed by atoms with E-state index in [2.05, 4.69) is 0 Å². The molecule has 0 rings (SSSR count). The molecule has 0 aliphatic heterocycles. The van der Waals surface area contributed by atoms with Crippen LogP contribution in [0, 0.1) is 0 Å². The fraction of sp³-hybridized carbons (Fsp3) is 0. The van der Waals surface area contributed by atoms with Crippen LogP contribution in [0.4, 0.5) is 0 Å². The van der Waals surface area contributed by atoms with Crippen molar-refractivity contribution in [3.8, 4) is 0 Å². The average Bonchev–Trinajstić information content (AvgIpc) is 0. The molecule has 0 spiro atoms. The van der Waals surface area contributed by atoms with Crippen molar-refractivity contribution in [1.29, 1.82) is 0 Å². The molecule has 0 aromatic heterocycles. The molecule has 160 N–H and O–H groups in total. The van der Waals surface area contributed by atoms with Gasteiger partial charge in [0.25, 0.3) is 0 Å². The molecule has 80 nitrogen and oxygen atoms in total. The molecule has 0 radical (unpaired) electrons.